The van der Waals surface area contributed by atoms with E-state index in [0.29, 0.717) is 5.56 Å². The molecule has 1 rings (SSSR count). The molecule has 0 aliphatic rings. The SMILES string of the molecule is CC(=O)c1cccc(F)c1N(C)CC(C)O. The monoisotopic (exact) mass is 225 g/mol. The van der Waals surface area contributed by atoms with Gasteiger partial charge in [0.1, 0.15) is 5.82 Å². The molecule has 0 aliphatic heterocycles. The summed E-state index contributed by atoms with van der Waals surface area (Å²) < 4.78 is 13.6. The Bertz CT molecular complexity index is 391. The first-order valence-corrected chi connectivity index (χ1v) is 5.12. The Labute approximate surface area is 94.5 Å². The molecule has 0 aliphatic carbocycles. The second kappa shape index (κ2) is 5.07. The molecule has 0 bridgehead atoms. The molecule has 0 fully saturated rings. The fourth-order valence-corrected chi connectivity index (χ4v) is 1.68. The lowest BCUT2D eigenvalue weighted by Crippen LogP contribution is -2.29. The van der Waals surface area contributed by atoms with Crippen LogP contribution in [0.5, 0.6) is 0 Å². The summed E-state index contributed by atoms with van der Waals surface area (Å²) in [6, 6.07) is 4.39. The molecule has 1 aromatic carbocycles. The van der Waals surface area contributed by atoms with Gasteiger partial charge in [-0.1, -0.05) is 6.07 Å². The number of ketones is 1. The Balaban J connectivity index is 3.14. The van der Waals surface area contributed by atoms with E-state index in [1.54, 1.807) is 24.9 Å². The van der Waals surface area contributed by atoms with Gasteiger partial charge >= 0.3 is 0 Å². The number of aliphatic hydroxyl groups is 1. The number of benzene rings is 1. The molecule has 0 saturated carbocycles. The second-order valence-corrected chi connectivity index (χ2v) is 3.92. The van der Waals surface area contributed by atoms with E-state index < -0.39 is 11.9 Å². The summed E-state index contributed by atoms with van der Waals surface area (Å²) in [5.74, 6) is -0.636. The minimum absolute atomic E-state index is 0.188. The van der Waals surface area contributed by atoms with E-state index in [-0.39, 0.29) is 18.0 Å². The number of carbonyl (C=O) groups is 1. The van der Waals surface area contributed by atoms with Crippen molar-refractivity contribution >= 4 is 11.5 Å². The molecule has 0 aromatic heterocycles. The zero-order valence-electron chi connectivity index (χ0n) is 9.70. The third kappa shape index (κ3) is 2.79. The number of rotatable bonds is 4. The molecule has 1 aromatic rings. The van der Waals surface area contributed by atoms with Gasteiger partial charge in [-0.05, 0) is 26.0 Å². The van der Waals surface area contributed by atoms with Gasteiger partial charge in [0, 0.05) is 19.2 Å². The van der Waals surface area contributed by atoms with Crippen LogP contribution in [-0.4, -0.2) is 30.6 Å². The summed E-state index contributed by atoms with van der Waals surface area (Å²) in [4.78, 5) is 12.9. The highest BCUT2D eigenvalue weighted by atomic mass is 19.1. The molecule has 0 radical (unpaired) electrons. The van der Waals surface area contributed by atoms with Crippen LogP contribution in [0.15, 0.2) is 18.2 Å². The predicted molar refractivity (Wildman–Crippen MR) is 61.4 cm³/mol. The number of halogens is 1. The largest absolute Gasteiger partial charge is 0.392 e. The maximum Gasteiger partial charge on any atom is 0.161 e. The highest BCUT2D eigenvalue weighted by molar-refractivity contribution is 5.99. The van der Waals surface area contributed by atoms with Gasteiger partial charge in [0.25, 0.3) is 0 Å². The van der Waals surface area contributed by atoms with Gasteiger partial charge in [0.15, 0.2) is 5.78 Å². The molecule has 3 nitrogen and oxygen atoms in total. The first kappa shape index (κ1) is 12.6. The summed E-state index contributed by atoms with van der Waals surface area (Å²) >= 11 is 0. The standard InChI is InChI=1S/C12H16FNO2/c1-8(15)7-14(3)12-10(9(2)16)5-4-6-11(12)13/h4-6,8,15H,7H2,1-3H3. The van der Waals surface area contributed by atoms with E-state index in [0.717, 1.165) is 0 Å². The quantitative estimate of drug-likeness (QED) is 0.795. The molecule has 88 valence electrons. The number of Topliss-reactive ketones (excluding diaryl/α,β-unsaturated/α-hetero) is 1. The number of hydrogen-bond acceptors (Lipinski definition) is 3. The van der Waals surface area contributed by atoms with Gasteiger partial charge in [0.05, 0.1) is 11.8 Å². The number of nitrogens with zero attached hydrogens (tertiary/aromatic N) is 1. The average molecular weight is 225 g/mol. The van der Waals surface area contributed by atoms with Crippen LogP contribution in [0.4, 0.5) is 10.1 Å². The average Bonchev–Trinajstić information content (AvgIpc) is 2.15. The Hall–Kier alpha value is -1.42. The van der Waals surface area contributed by atoms with Crippen LogP contribution in [0.25, 0.3) is 0 Å². The van der Waals surface area contributed by atoms with Crippen molar-refractivity contribution in [1.82, 2.24) is 0 Å². The lowest BCUT2D eigenvalue weighted by atomic mass is 10.1. The van der Waals surface area contributed by atoms with Gasteiger partial charge in [-0.3, -0.25) is 4.79 Å². The number of anilines is 1. The van der Waals surface area contributed by atoms with Crippen LogP contribution in [-0.2, 0) is 0 Å². The molecule has 4 heteroatoms. The number of para-hydroxylation sites is 1. The molecule has 0 spiro atoms. The van der Waals surface area contributed by atoms with Crippen LogP contribution >= 0.6 is 0 Å². The Morgan fingerprint density at radius 3 is 2.69 bits per heavy atom. The summed E-state index contributed by atoms with van der Waals surface area (Å²) in [5, 5.41) is 9.26. The third-order valence-electron chi connectivity index (χ3n) is 2.29. The van der Waals surface area contributed by atoms with Crippen molar-refractivity contribution in [3.8, 4) is 0 Å². The number of hydrogen-bond donors (Lipinski definition) is 1. The maximum absolute atomic E-state index is 13.6. The molecular weight excluding hydrogens is 209 g/mol. The fraction of sp³-hybridized carbons (Fsp3) is 0.417. The molecule has 16 heavy (non-hydrogen) atoms. The third-order valence-corrected chi connectivity index (χ3v) is 2.29. The van der Waals surface area contributed by atoms with Gasteiger partial charge in [-0.2, -0.15) is 0 Å². The van der Waals surface area contributed by atoms with Crippen molar-refractivity contribution in [2.24, 2.45) is 0 Å². The van der Waals surface area contributed by atoms with Crippen molar-refractivity contribution in [2.45, 2.75) is 20.0 Å². The minimum Gasteiger partial charge on any atom is -0.392 e. The van der Waals surface area contributed by atoms with Gasteiger partial charge < -0.3 is 10.0 Å². The summed E-state index contributed by atoms with van der Waals surface area (Å²) in [7, 11) is 1.65. The van der Waals surface area contributed by atoms with E-state index in [2.05, 4.69) is 0 Å². The maximum atomic E-state index is 13.6. The minimum atomic E-state index is -0.579. The Morgan fingerprint density at radius 1 is 1.56 bits per heavy atom. The normalized spacial score (nSPS) is 12.3. The van der Waals surface area contributed by atoms with Crippen LogP contribution in [0.3, 0.4) is 0 Å². The molecule has 1 unspecified atom stereocenters. The highest BCUT2D eigenvalue weighted by Gasteiger charge is 2.16. The lowest BCUT2D eigenvalue weighted by molar-refractivity contribution is 0.101. The lowest BCUT2D eigenvalue weighted by Gasteiger charge is -2.23. The molecule has 1 atom stereocenters. The van der Waals surface area contributed by atoms with E-state index in [9.17, 15) is 14.3 Å². The van der Waals surface area contributed by atoms with Crippen molar-refractivity contribution in [3.63, 3.8) is 0 Å². The predicted octanol–water partition coefficient (Wildman–Crippen LogP) is 1.85. The van der Waals surface area contributed by atoms with E-state index in [1.807, 2.05) is 0 Å². The molecule has 1 N–H and O–H groups in total. The molecule has 0 heterocycles. The second-order valence-electron chi connectivity index (χ2n) is 3.92. The summed E-state index contributed by atoms with van der Waals surface area (Å²) in [5.41, 5.74) is 0.582. The van der Waals surface area contributed by atoms with Crippen molar-refractivity contribution in [3.05, 3.63) is 29.6 Å². The van der Waals surface area contributed by atoms with Crippen molar-refractivity contribution in [1.29, 1.82) is 0 Å². The number of likely N-dealkylation sites (N-methyl/N-ethyl adjacent to an activating group) is 1. The Kier molecular flexibility index (Phi) is 4.01. The van der Waals surface area contributed by atoms with E-state index in [1.165, 1.54) is 19.1 Å². The summed E-state index contributed by atoms with van der Waals surface area (Å²) in [6.07, 6.45) is -0.579. The van der Waals surface area contributed by atoms with Crippen LogP contribution in [0.1, 0.15) is 24.2 Å². The molecular formula is C12H16FNO2. The van der Waals surface area contributed by atoms with E-state index >= 15 is 0 Å². The fourth-order valence-electron chi connectivity index (χ4n) is 1.68. The molecule has 0 amide bonds. The zero-order valence-corrected chi connectivity index (χ0v) is 9.70. The van der Waals surface area contributed by atoms with Gasteiger partial charge in [0.2, 0.25) is 0 Å². The topological polar surface area (TPSA) is 40.5 Å². The smallest absolute Gasteiger partial charge is 0.161 e. The first-order chi connectivity index (χ1) is 7.43. The zero-order chi connectivity index (χ0) is 12.3. The summed E-state index contributed by atoms with van der Waals surface area (Å²) in [6.45, 7) is 3.29. The first-order valence-electron chi connectivity index (χ1n) is 5.12. The number of carbonyl (C=O) groups excluding carboxylic acids is 1. The van der Waals surface area contributed by atoms with Crippen LogP contribution < -0.4 is 4.90 Å². The van der Waals surface area contributed by atoms with Crippen LogP contribution in [0.2, 0.25) is 0 Å². The Morgan fingerprint density at radius 2 is 2.19 bits per heavy atom. The van der Waals surface area contributed by atoms with Crippen molar-refractivity contribution < 1.29 is 14.3 Å². The molecule has 0 saturated heterocycles. The van der Waals surface area contributed by atoms with Crippen molar-refractivity contribution in [2.75, 3.05) is 18.5 Å². The number of aliphatic hydroxyl groups excluding tert-OH is 1. The van der Waals surface area contributed by atoms with Gasteiger partial charge in [-0.15, -0.1) is 0 Å². The highest BCUT2D eigenvalue weighted by Crippen LogP contribution is 2.24. The van der Waals surface area contributed by atoms with Gasteiger partial charge in [-0.25, -0.2) is 4.39 Å². The van der Waals surface area contributed by atoms with Crippen LogP contribution in [0, 0.1) is 5.82 Å². The van der Waals surface area contributed by atoms with E-state index in [4.69, 9.17) is 0 Å².